The molecule has 0 aliphatic heterocycles. The summed E-state index contributed by atoms with van der Waals surface area (Å²) in [6, 6.07) is 4.75. The van der Waals surface area contributed by atoms with Crippen LogP contribution in [0.15, 0.2) is 18.2 Å². The van der Waals surface area contributed by atoms with E-state index in [1.165, 1.54) is 0 Å². The van der Waals surface area contributed by atoms with Crippen LogP contribution in [0.25, 0.3) is 0 Å². The van der Waals surface area contributed by atoms with Crippen LogP contribution in [-0.4, -0.2) is 17.0 Å². The highest BCUT2D eigenvalue weighted by Gasteiger charge is 2.49. The summed E-state index contributed by atoms with van der Waals surface area (Å²) in [5, 5.41) is 13.4. The molecule has 24 heavy (non-hydrogen) atoms. The number of halogens is 2. The summed E-state index contributed by atoms with van der Waals surface area (Å²) in [5.74, 6) is -0.972. The van der Waals surface area contributed by atoms with Gasteiger partial charge in [-0.15, -0.1) is 0 Å². The molecule has 0 heterocycles. The highest BCUT2D eigenvalue weighted by molar-refractivity contribution is 6.35. The Morgan fingerprint density at radius 2 is 1.79 bits per heavy atom. The number of carboxylic acids is 1. The average Bonchev–Trinajstić information content (AvgIpc) is 2.33. The molecular weight excluding hydrogens is 349 g/mol. The first-order chi connectivity index (χ1) is 11.0. The van der Waals surface area contributed by atoms with E-state index in [9.17, 15) is 14.7 Å². The number of anilines is 1. The van der Waals surface area contributed by atoms with Crippen molar-refractivity contribution in [1.29, 1.82) is 0 Å². The first-order valence-corrected chi connectivity index (χ1v) is 8.76. The van der Waals surface area contributed by atoms with Crippen molar-refractivity contribution in [3.05, 3.63) is 28.2 Å². The number of aliphatic carboxylic acids is 1. The molecule has 1 saturated carbocycles. The Morgan fingerprint density at radius 3 is 2.29 bits per heavy atom. The highest BCUT2D eigenvalue weighted by Crippen LogP contribution is 2.50. The molecule has 2 N–H and O–H groups in total. The van der Waals surface area contributed by atoms with E-state index in [0.717, 1.165) is 6.42 Å². The van der Waals surface area contributed by atoms with Crippen molar-refractivity contribution in [2.24, 2.45) is 16.7 Å². The van der Waals surface area contributed by atoms with Crippen LogP contribution in [0.4, 0.5) is 5.69 Å². The predicted octanol–water partition coefficient (Wildman–Crippen LogP) is 5.24. The van der Waals surface area contributed by atoms with Crippen LogP contribution in [-0.2, 0) is 9.59 Å². The number of carboxylic acid groups (broad SMARTS) is 1. The largest absolute Gasteiger partial charge is 0.481 e. The molecule has 1 aliphatic rings. The first kappa shape index (κ1) is 19.1. The third kappa shape index (κ3) is 4.64. The molecule has 2 unspecified atom stereocenters. The zero-order valence-electron chi connectivity index (χ0n) is 14.2. The van der Waals surface area contributed by atoms with E-state index < -0.39 is 11.4 Å². The van der Waals surface area contributed by atoms with Crippen molar-refractivity contribution < 1.29 is 14.7 Å². The van der Waals surface area contributed by atoms with Gasteiger partial charge in [0.15, 0.2) is 0 Å². The van der Waals surface area contributed by atoms with E-state index >= 15 is 0 Å². The minimum absolute atomic E-state index is 0.0553. The molecular formula is C18H23Cl2NO3. The third-order valence-electron chi connectivity index (χ3n) is 4.56. The highest BCUT2D eigenvalue weighted by atomic mass is 35.5. The van der Waals surface area contributed by atoms with E-state index in [1.54, 1.807) is 18.2 Å². The molecule has 1 aromatic rings. The van der Waals surface area contributed by atoms with Gasteiger partial charge in [-0.1, -0.05) is 44.0 Å². The van der Waals surface area contributed by atoms with E-state index in [4.69, 9.17) is 23.2 Å². The monoisotopic (exact) mass is 371 g/mol. The number of carbonyl (C=O) groups excluding carboxylic acids is 1. The van der Waals surface area contributed by atoms with Gasteiger partial charge in [-0.3, -0.25) is 9.59 Å². The minimum atomic E-state index is -1.03. The molecule has 2 rings (SSSR count). The topological polar surface area (TPSA) is 66.4 Å². The van der Waals surface area contributed by atoms with Gasteiger partial charge in [-0.05, 0) is 48.8 Å². The molecule has 0 bridgehead atoms. The van der Waals surface area contributed by atoms with Crippen LogP contribution in [0.1, 0.15) is 46.5 Å². The second kappa shape index (κ2) is 6.93. The number of nitrogens with one attached hydrogen (secondary N) is 1. The fourth-order valence-corrected chi connectivity index (χ4v) is 4.78. The van der Waals surface area contributed by atoms with Gasteiger partial charge in [0.25, 0.3) is 0 Å². The average molecular weight is 372 g/mol. The lowest BCUT2D eigenvalue weighted by Gasteiger charge is -2.44. The van der Waals surface area contributed by atoms with Gasteiger partial charge in [0.2, 0.25) is 5.91 Å². The Labute approximate surface area is 152 Å². The minimum Gasteiger partial charge on any atom is -0.481 e. The molecule has 4 nitrogen and oxygen atoms in total. The molecule has 6 heteroatoms. The fourth-order valence-electron chi connectivity index (χ4n) is 4.25. The lowest BCUT2D eigenvalue weighted by atomic mass is 9.59. The SMILES string of the molecule is CC1CC(C)(C)CC(CC(=O)Nc2cc(Cl)cc(Cl)c2)(C(=O)O)C1. The van der Waals surface area contributed by atoms with Crippen molar-refractivity contribution in [3.63, 3.8) is 0 Å². The van der Waals surface area contributed by atoms with Gasteiger partial charge in [0.05, 0.1) is 5.41 Å². The quantitative estimate of drug-likeness (QED) is 0.760. The maximum absolute atomic E-state index is 12.5. The van der Waals surface area contributed by atoms with E-state index in [0.29, 0.717) is 28.6 Å². The molecule has 0 spiro atoms. The number of amides is 1. The summed E-state index contributed by atoms with van der Waals surface area (Å²) in [4.78, 5) is 24.5. The Morgan fingerprint density at radius 1 is 1.21 bits per heavy atom. The van der Waals surface area contributed by atoms with Crippen molar-refractivity contribution in [1.82, 2.24) is 0 Å². The van der Waals surface area contributed by atoms with Crippen LogP contribution in [0.5, 0.6) is 0 Å². The molecule has 2 atom stereocenters. The predicted molar refractivity (Wildman–Crippen MR) is 96.6 cm³/mol. The summed E-state index contributed by atoms with van der Waals surface area (Å²) < 4.78 is 0. The standard InChI is InChI=1S/C18H23Cl2NO3/c1-11-7-17(2,3)10-18(8-11,16(23)24)9-15(22)21-14-5-12(19)4-13(20)6-14/h4-6,11H,7-10H2,1-3H3,(H,21,22)(H,23,24). The van der Waals surface area contributed by atoms with Gasteiger partial charge in [0.1, 0.15) is 0 Å². The summed E-state index contributed by atoms with van der Waals surface area (Å²) >= 11 is 11.9. The number of benzene rings is 1. The Bertz CT molecular complexity index is 639. The Balaban J connectivity index is 2.18. The number of hydrogen-bond acceptors (Lipinski definition) is 2. The molecule has 1 fully saturated rings. The third-order valence-corrected chi connectivity index (χ3v) is 4.99. The van der Waals surface area contributed by atoms with Gasteiger partial charge in [0, 0.05) is 22.2 Å². The summed E-state index contributed by atoms with van der Waals surface area (Å²) in [7, 11) is 0. The molecule has 132 valence electrons. The molecule has 1 aliphatic carbocycles. The zero-order chi connectivity index (χ0) is 18.1. The Hall–Kier alpha value is -1.26. The molecule has 0 saturated heterocycles. The van der Waals surface area contributed by atoms with Crippen LogP contribution in [0.3, 0.4) is 0 Å². The lowest BCUT2D eigenvalue weighted by molar-refractivity contribution is -0.157. The second-order valence-corrected chi connectivity index (χ2v) is 8.70. The van der Waals surface area contributed by atoms with Gasteiger partial charge in [-0.25, -0.2) is 0 Å². The summed E-state index contributed by atoms with van der Waals surface area (Å²) in [6.07, 6.45) is 1.91. The number of rotatable bonds is 4. The van der Waals surface area contributed by atoms with Gasteiger partial charge in [-0.2, -0.15) is 0 Å². The summed E-state index contributed by atoms with van der Waals surface area (Å²) in [6.45, 7) is 6.18. The molecule has 1 amide bonds. The van der Waals surface area contributed by atoms with Crippen LogP contribution >= 0.6 is 23.2 Å². The summed E-state index contributed by atoms with van der Waals surface area (Å²) in [5.41, 5.74) is -0.662. The van der Waals surface area contributed by atoms with E-state index in [-0.39, 0.29) is 23.7 Å². The maximum Gasteiger partial charge on any atom is 0.310 e. The maximum atomic E-state index is 12.5. The van der Waals surface area contributed by atoms with Crippen molar-refractivity contribution in [2.75, 3.05) is 5.32 Å². The van der Waals surface area contributed by atoms with E-state index in [2.05, 4.69) is 19.2 Å². The lowest BCUT2D eigenvalue weighted by Crippen LogP contribution is -2.44. The zero-order valence-corrected chi connectivity index (χ0v) is 15.7. The Kier molecular flexibility index (Phi) is 5.50. The molecule has 1 aromatic carbocycles. The van der Waals surface area contributed by atoms with Crippen LogP contribution in [0.2, 0.25) is 10.0 Å². The molecule has 0 aromatic heterocycles. The van der Waals surface area contributed by atoms with Crippen molar-refractivity contribution in [3.8, 4) is 0 Å². The molecule has 0 radical (unpaired) electrons. The first-order valence-electron chi connectivity index (χ1n) is 8.01. The van der Waals surface area contributed by atoms with E-state index in [1.807, 2.05) is 6.92 Å². The van der Waals surface area contributed by atoms with Crippen molar-refractivity contribution in [2.45, 2.75) is 46.5 Å². The second-order valence-electron chi connectivity index (χ2n) is 7.82. The van der Waals surface area contributed by atoms with Crippen LogP contribution in [0, 0.1) is 16.7 Å². The number of hydrogen-bond donors (Lipinski definition) is 2. The number of carbonyl (C=O) groups is 2. The smallest absolute Gasteiger partial charge is 0.310 e. The fraction of sp³-hybridized carbons (Fsp3) is 0.556. The van der Waals surface area contributed by atoms with Gasteiger partial charge >= 0.3 is 5.97 Å². The van der Waals surface area contributed by atoms with Crippen molar-refractivity contribution >= 4 is 40.8 Å². The normalized spacial score (nSPS) is 26.0. The van der Waals surface area contributed by atoms with Crippen LogP contribution < -0.4 is 5.32 Å². The van der Waals surface area contributed by atoms with Gasteiger partial charge < -0.3 is 10.4 Å².